The van der Waals surface area contributed by atoms with E-state index in [1.165, 1.54) is 20.5 Å². The molecule has 0 aliphatic heterocycles. The van der Waals surface area contributed by atoms with E-state index < -0.39 is 0 Å². The number of hydrogen-bond donors (Lipinski definition) is 0. The van der Waals surface area contributed by atoms with Crippen molar-refractivity contribution in [1.82, 2.24) is 0 Å². The maximum absolute atomic E-state index is 4.60. The number of aryl methyl sites for hydroxylation is 1. The van der Waals surface area contributed by atoms with Crippen LogP contribution in [-0.2, 0) is 0 Å². The highest BCUT2D eigenvalue weighted by atomic mass is 32.1. The fraction of sp³-hybridized carbons (Fsp3) is 0.0625. The lowest BCUT2D eigenvalue weighted by Gasteiger charge is -2.00. The van der Waals surface area contributed by atoms with Crippen molar-refractivity contribution >= 4 is 34.0 Å². The molecule has 0 bridgehead atoms. The number of rotatable bonds is 2. The average molecular weight is 251 g/mol. The van der Waals surface area contributed by atoms with E-state index in [9.17, 15) is 0 Å². The Morgan fingerprint density at radius 1 is 0.944 bits per heavy atom. The van der Waals surface area contributed by atoms with Gasteiger partial charge in [-0.2, -0.15) is 0 Å². The van der Waals surface area contributed by atoms with Crippen molar-refractivity contribution in [3.63, 3.8) is 0 Å². The fourth-order valence-corrected chi connectivity index (χ4v) is 2.73. The summed E-state index contributed by atoms with van der Waals surface area (Å²) in [7, 11) is 0. The second kappa shape index (κ2) is 4.75. The molecule has 0 saturated heterocycles. The zero-order chi connectivity index (χ0) is 12.4. The molecule has 18 heavy (non-hydrogen) atoms. The van der Waals surface area contributed by atoms with E-state index in [2.05, 4.69) is 66.5 Å². The molecule has 0 fully saturated rings. The highest BCUT2D eigenvalue weighted by molar-refractivity contribution is 7.13. The van der Waals surface area contributed by atoms with Crippen LogP contribution in [0.15, 0.2) is 59.6 Å². The zero-order valence-corrected chi connectivity index (χ0v) is 10.9. The highest BCUT2D eigenvalue weighted by Gasteiger charge is 1.98. The molecule has 88 valence electrons. The molecule has 0 aliphatic rings. The third kappa shape index (κ3) is 2.20. The van der Waals surface area contributed by atoms with Crippen molar-refractivity contribution in [3.05, 3.63) is 64.4 Å². The van der Waals surface area contributed by atoms with Gasteiger partial charge >= 0.3 is 0 Å². The third-order valence-corrected chi connectivity index (χ3v) is 3.79. The van der Waals surface area contributed by atoms with Gasteiger partial charge < -0.3 is 0 Å². The molecular formula is C16H13NS. The first-order valence-corrected chi connectivity index (χ1v) is 6.73. The summed E-state index contributed by atoms with van der Waals surface area (Å²) in [5, 5.41) is 2.43. The van der Waals surface area contributed by atoms with Crippen LogP contribution >= 0.6 is 11.3 Å². The number of aliphatic imine (C=N–C) groups is 1. The first-order chi connectivity index (χ1) is 8.83. The molecular weight excluding hydrogens is 238 g/mol. The predicted octanol–water partition coefficient (Wildman–Crippen LogP) is 4.96. The van der Waals surface area contributed by atoms with E-state index in [1.54, 1.807) is 11.3 Å². The van der Waals surface area contributed by atoms with Gasteiger partial charge in [0.05, 0.1) is 5.69 Å². The molecule has 1 aromatic heterocycles. The zero-order valence-electron chi connectivity index (χ0n) is 10.1. The Morgan fingerprint density at radius 3 is 2.61 bits per heavy atom. The lowest BCUT2D eigenvalue weighted by molar-refractivity contribution is 1.58. The van der Waals surface area contributed by atoms with Crippen LogP contribution < -0.4 is 0 Å². The number of nitrogens with zero attached hydrogens (tertiary/aromatic N) is 1. The third-order valence-electron chi connectivity index (χ3n) is 2.86. The predicted molar refractivity (Wildman–Crippen MR) is 80.3 cm³/mol. The van der Waals surface area contributed by atoms with Gasteiger partial charge in [-0.3, -0.25) is 4.99 Å². The molecule has 0 saturated carbocycles. The molecule has 3 rings (SSSR count). The van der Waals surface area contributed by atoms with Crippen molar-refractivity contribution in [2.24, 2.45) is 4.99 Å². The Hall–Kier alpha value is -1.93. The molecule has 0 spiro atoms. The molecule has 0 unspecified atom stereocenters. The average Bonchev–Trinajstić information content (AvgIpc) is 2.82. The van der Waals surface area contributed by atoms with E-state index in [1.807, 2.05) is 6.21 Å². The van der Waals surface area contributed by atoms with Crippen molar-refractivity contribution in [2.75, 3.05) is 0 Å². The van der Waals surface area contributed by atoms with Crippen LogP contribution in [0.25, 0.3) is 10.8 Å². The summed E-state index contributed by atoms with van der Waals surface area (Å²) >= 11 is 1.76. The first-order valence-electron chi connectivity index (χ1n) is 5.91. The second-order valence-corrected chi connectivity index (χ2v) is 5.52. The molecule has 0 atom stereocenters. The lowest BCUT2D eigenvalue weighted by atomic mass is 10.1. The van der Waals surface area contributed by atoms with Crippen LogP contribution in [0.4, 0.5) is 5.69 Å². The van der Waals surface area contributed by atoms with Gasteiger partial charge in [-0.05, 0) is 30.5 Å². The van der Waals surface area contributed by atoms with Crippen LogP contribution in [0.3, 0.4) is 0 Å². The molecule has 1 heterocycles. The van der Waals surface area contributed by atoms with E-state index >= 15 is 0 Å². The molecule has 0 N–H and O–H groups in total. The van der Waals surface area contributed by atoms with Crippen molar-refractivity contribution in [2.45, 2.75) is 6.92 Å². The SMILES string of the molecule is Cc1ccc(C=Nc2cccc3ccccc23)s1. The fourth-order valence-electron chi connectivity index (χ4n) is 1.98. The second-order valence-electron chi connectivity index (χ2n) is 4.20. The van der Waals surface area contributed by atoms with Crippen LogP contribution in [0.1, 0.15) is 9.75 Å². The summed E-state index contributed by atoms with van der Waals surface area (Å²) in [6.45, 7) is 2.11. The molecule has 3 aromatic rings. The Kier molecular flexibility index (Phi) is 2.95. The first kappa shape index (κ1) is 11.2. The van der Waals surface area contributed by atoms with E-state index in [0.717, 1.165) is 5.69 Å². The van der Waals surface area contributed by atoms with Gasteiger partial charge in [0.15, 0.2) is 0 Å². The largest absolute Gasteiger partial charge is 0.255 e. The monoisotopic (exact) mass is 251 g/mol. The van der Waals surface area contributed by atoms with E-state index in [4.69, 9.17) is 0 Å². The molecule has 2 aromatic carbocycles. The Bertz CT molecular complexity index is 704. The number of thiophene rings is 1. The molecule has 0 aliphatic carbocycles. The maximum atomic E-state index is 4.60. The number of fused-ring (bicyclic) bond motifs is 1. The van der Waals surface area contributed by atoms with Crippen LogP contribution in [0.5, 0.6) is 0 Å². The van der Waals surface area contributed by atoms with Gasteiger partial charge in [-0.15, -0.1) is 11.3 Å². The Labute approximate surface area is 110 Å². The van der Waals surface area contributed by atoms with Crippen molar-refractivity contribution in [3.8, 4) is 0 Å². The van der Waals surface area contributed by atoms with Crippen molar-refractivity contribution < 1.29 is 0 Å². The minimum atomic E-state index is 1.03. The molecule has 0 amide bonds. The van der Waals surface area contributed by atoms with E-state index in [0.29, 0.717) is 0 Å². The highest BCUT2D eigenvalue weighted by Crippen LogP contribution is 2.25. The summed E-state index contributed by atoms with van der Waals surface area (Å²) in [6.07, 6.45) is 1.94. The van der Waals surface area contributed by atoms with E-state index in [-0.39, 0.29) is 0 Å². The standard InChI is InChI=1S/C16H13NS/c1-12-9-10-14(18-12)11-17-16-8-4-6-13-5-2-3-7-15(13)16/h2-11H,1H3. The smallest absolute Gasteiger partial charge is 0.0708 e. The van der Waals surface area contributed by atoms with Crippen LogP contribution in [0.2, 0.25) is 0 Å². The summed E-state index contributed by atoms with van der Waals surface area (Å²) < 4.78 is 0. The van der Waals surface area contributed by atoms with Gasteiger partial charge in [0.25, 0.3) is 0 Å². The van der Waals surface area contributed by atoms with Crippen molar-refractivity contribution in [1.29, 1.82) is 0 Å². The van der Waals surface area contributed by atoms with Crippen LogP contribution in [-0.4, -0.2) is 6.21 Å². The summed E-state index contributed by atoms with van der Waals surface area (Å²) in [5.74, 6) is 0. The van der Waals surface area contributed by atoms with Gasteiger partial charge in [-0.25, -0.2) is 0 Å². The minimum absolute atomic E-state index is 1.03. The van der Waals surface area contributed by atoms with Gasteiger partial charge in [0.2, 0.25) is 0 Å². The van der Waals surface area contributed by atoms with Gasteiger partial charge in [0.1, 0.15) is 0 Å². The number of benzene rings is 2. The summed E-state index contributed by atoms with van der Waals surface area (Å²) in [4.78, 5) is 7.11. The Morgan fingerprint density at radius 2 is 1.78 bits per heavy atom. The number of hydrogen-bond acceptors (Lipinski definition) is 2. The molecule has 2 heteroatoms. The quantitative estimate of drug-likeness (QED) is 0.571. The summed E-state index contributed by atoms with van der Waals surface area (Å²) in [5.41, 5.74) is 1.03. The normalized spacial score (nSPS) is 11.4. The van der Waals surface area contributed by atoms with Crippen LogP contribution in [0, 0.1) is 6.92 Å². The topological polar surface area (TPSA) is 12.4 Å². The maximum Gasteiger partial charge on any atom is 0.0708 e. The van der Waals surface area contributed by atoms with Gasteiger partial charge in [0, 0.05) is 21.4 Å². The molecule has 1 nitrogen and oxygen atoms in total. The minimum Gasteiger partial charge on any atom is -0.255 e. The molecule has 0 radical (unpaired) electrons. The summed E-state index contributed by atoms with van der Waals surface area (Å²) in [6, 6.07) is 18.8. The Balaban J connectivity index is 2.02. The van der Waals surface area contributed by atoms with Gasteiger partial charge in [-0.1, -0.05) is 36.4 Å². The lowest BCUT2D eigenvalue weighted by Crippen LogP contribution is -1.75.